The fourth-order valence-electron chi connectivity index (χ4n) is 2.87. The number of Topliss-reactive ketones (excluding diaryl/α,β-unsaturated/α-hetero) is 1. The average molecular weight is 373 g/mol. The van der Waals surface area contributed by atoms with E-state index in [1.807, 2.05) is 0 Å². The molecule has 0 aliphatic carbocycles. The van der Waals surface area contributed by atoms with Gasteiger partial charge in [0.25, 0.3) is 0 Å². The quantitative estimate of drug-likeness (QED) is 0.392. The van der Waals surface area contributed by atoms with Gasteiger partial charge in [0.05, 0.1) is 11.6 Å². The largest absolute Gasteiger partial charge is 0.478 e. The number of aliphatic hydroxyl groups is 1. The molecule has 0 saturated carbocycles. The van der Waals surface area contributed by atoms with E-state index < -0.39 is 23.4 Å². The molecule has 2 aromatic carbocycles. The molecule has 0 fully saturated rings. The lowest BCUT2D eigenvalue weighted by Crippen LogP contribution is -2.57. The number of fused-ring (bicyclic) bond motifs is 1. The summed E-state index contributed by atoms with van der Waals surface area (Å²) in [6.07, 6.45) is -0.0188. The van der Waals surface area contributed by atoms with Gasteiger partial charge in [-0.15, -0.1) is 0 Å². The standard InChI is InChI=1S/C19H17ClN2O4/c20-13-6-7-15-12(9-13)10-16(22-15)17(23)14(19(21,26)18(24)25)8-11-4-2-1-3-5-11/h1-7,9-10,14,22,26H,8,21H2,(H,24,25)/t14?,19-/m1/s1. The number of aromatic amines is 1. The number of carboxylic acid groups (broad SMARTS) is 1. The summed E-state index contributed by atoms with van der Waals surface area (Å²) in [5.74, 6) is -3.62. The van der Waals surface area contributed by atoms with E-state index in [9.17, 15) is 19.8 Å². The minimum atomic E-state index is -2.71. The lowest BCUT2D eigenvalue weighted by Gasteiger charge is -2.27. The van der Waals surface area contributed by atoms with E-state index in [1.165, 1.54) is 0 Å². The molecule has 7 heteroatoms. The molecular weight excluding hydrogens is 356 g/mol. The molecule has 0 bridgehead atoms. The van der Waals surface area contributed by atoms with Gasteiger partial charge < -0.3 is 15.2 Å². The summed E-state index contributed by atoms with van der Waals surface area (Å²) in [4.78, 5) is 27.4. The molecule has 0 amide bonds. The third kappa shape index (κ3) is 3.48. The van der Waals surface area contributed by atoms with Gasteiger partial charge in [-0.1, -0.05) is 41.9 Å². The number of benzene rings is 2. The third-order valence-corrected chi connectivity index (χ3v) is 4.56. The van der Waals surface area contributed by atoms with E-state index in [0.29, 0.717) is 21.5 Å². The Bertz CT molecular complexity index is 966. The Morgan fingerprint density at radius 2 is 1.85 bits per heavy atom. The van der Waals surface area contributed by atoms with Crippen molar-refractivity contribution in [1.29, 1.82) is 0 Å². The van der Waals surface area contributed by atoms with Crippen LogP contribution in [0.3, 0.4) is 0 Å². The molecule has 1 unspecified atom stereocenters. The average Bonchev–Trinajstić information content (AvgIpc) is 3.03. The number of aromatic nitrogens is 1. The van der Waals surface area contributed by atoms with Crippen molar-refractivity contribution in [1.82, 2.24) is 4.98 Å². The Morgan fingerprint density at radius 3 is 2.50 bits per heavy atom. The lowest BCUT2D eigenvalue weighted by atomic mass is 9.84. The highest BCUT2D eigenvalue weighted by molar-refractivity contribution is 6.31. The van der Waals surface area contributed by atoms with Crippen LogP contribution >= 0.6 is 11.6 Å². The second-order valence-electron chi connectivity index (χ2n) is 6.15. The number of rotatable bonds is 6. The van der Waals surface area contributed by atoms with Gasteiger partial charge >= 0.3 is 5.97 Å². The van der Waals surface area contributed by atoms with Crippen molar-refractivity contribution in [3.63, 3.8) is 0 Å². The second kappa shape index (κ2) is 6.92. The fraction of sp³-hybridized carbons (Fsp3) is 0.158. The maximum Gasteiger partial charge on any atom is 0.351 e. The number of carboxylic acids is 1. The van der Waals surface area contributed by atoms with Gasteiger partial charge in [-0.25, -0.2) is 4.79 Å². The molecule has 6 nitrogen and oxygen atoms in total. The molecule has 2 atom stereocenters. The maximum absolute atomic E-state index is 13.0. The summed E-state index contributed by atoms with van der Waals surface area (Å²) in [6.45, 7) is 0. The van der Waals surface area contributed by atoms with Crippen molar-refractivity contribution in [2.75, 3.05) is 0 Å². The zero-order valence-electron chi connectivity index (χ0n) is 13.6. The van der Waals surface area contributed by atoms with Gasteiger partial charge in [0, 0.05) is 15.9 Å². The van der Waals surface area contributed by atoms with Crippen molar-refractivity contribution < 1.29 is 19.8 Å². The summed E-state index contributed by atoms with van der Waals surface area (Å²) in [6, 6.07) is 15.4. The summed E-state index contributed by atoms with van der Waals surface area (Å²) in [7, 11) is 0. The highest BCUT2D eigenvalue weighted by Crippen LogP contribution is 2.26. The summed E-state index contributed by atoms with van der Waals surface area (Å²) >= 11 is 5.95. The summed E-state index contributed by atoms with van der Waals surface area (Å²) in [5, 5.41) is 20.8. The Morgan fingerprint density at radius 1 is 1.15 bits per heavy atom. The molecule has 1 aromatic heterocycles. The molecule has 3 aromatic rings. The van der Waals surface area contributed by atoms with Gasteiger partial charge in [0.1, 0.15) is 0 Å². The van der Waals surface area contributed by atoms with Crippen molar-refractivity contribution in [2.24, 2.45) is 11.7 Å². The van der Waals surface area contributed by atoms with E-state index in [2.05, 4.69) is 4.98 Å². The first-order valence-corrected chi connectivity index (χ1v) is 8.28. The van der Waals surface area contributed by atoms with Crippen LogP contribution in [0.1, 0.15) is 16.1 Å². The van der Waals surface area contributed by atoms with Crippen LogP contribution in [-0.4, -0.2) is 32.7 Å². The minimum Gasteiger partial charge on any atom is -0.478 e. The number of hydrogen-bond acceptors (Lipinski definition) is 4. The topological polar surface area (TPSA) is 116 Å². The van der Waals surface area contributed by atoms with E-state index >= 15 is 0 Å². The Labute approximate surface area is 154 Å². The summed E-state index contributed by atoms with van der Waals surface area (Å²) in [5.41, 5.74) is 4.43. The number of ketones is 1. The molecule has 0 saturated heterocycles. The van der Waals surface area contributed by atoms with Gasteiger partial charge in [0.2, 0.25) is 5.72 Å². The minimum absolute atomic E-state index is 0.0188. The normalized spacial score (nSPS) is 14.7. The van der Waals surface area contributed by atoms with Crippen LogP contribution in [0.4, 0.5) is 0 Å². The zero-order valence-corrected chi connectivity index (χ0v) is 14.4. The molecule has 5 N–H and O–H groups in total. The number of H-pyrrole nitrogens is 1. The van der Waals surface area contributed by atoms with Crippen molar-refractivity contribution in [3.05, 3.63) is 70.9 Å². The number of carbonyl (C=O) groups excluding carboxylic acids is 1. The number of halogens is 1. The number of aliphatic carboxylic acids is 1. The van der Waals surface area contributed by atoms with Gasteiger partial charge in [0.15, 0.2) is 5.78 Å². The molecule has 3 rings (SSSR count). The molecule has 0 aliphatic rings. The van der Waals surface area contributed by atoms with Crippen LogP contribution in [0, 0.1) is 5.92 Å². The fourth-order valence-corrected chi connectivity index (χ4v) is 3.05. The lowest BCUT2D eigenvalue weighted by molar-refractivity contribution is -0.162. The zero-order chi connectivity index (χ0) is 18.9. The first kappa shape index (κ1) is 18.1. The van der Waals surface area contributed by atoms with E-state index in [0.717, 1.165) is 0 Å². The van der Waals surface area contributed by atoms with Gasteiger partial charge in [-0.05, 0) is 36.2 Å². The van der Waals surface area contributed by atoms with Gasteiger partial charge in [-0.2, -0.15) is 0 Å². The third-order valence-electron chi connectivity index (χ3n) is 4.32. The van der Waals surface area contributed by atoms with Crippen molar-refractivity contribution in [2.45, 2.75) is 12.1 Å². The molecular formula is C19H17ClN2O4. The predicted octanol–water partition coefficient (Wildman–Crippen LogP) is 2.59. The Balaban J connectivity index is 2.01. The van der Waals surface area contributed by atoms with Crippen LogP contribution in [0.25, 0.3) is 10.9 Å². The van der Waals surface area contributed by atoms with E-state index in [4.69, 9.17) is 17.3 Å². The molecule has 0 spiro atoms. The second-order valence-corrected chi connectivity index (χ2v) is 6.59. The molecule has 134 valence electrons. The Kier molecular flexibility index (Phi) is 4.82. The van der Waals surface area contributed by atoms with Crippen LogP contribution in [0.2, 0.25) is 5.02 Å². The highest BCUT2D eigenvalue weighted by atomic mass is 35.5. The SMILES string of the molecule is N[C@](O)(C(=O)O)C(Cc1ccccc1)C(=O)c1cc2cc(Cl)ccc2[nH]1. The summed E-state index contributed by atoms with van der Waals surface area (Å²) < 4.78 is 0. The monoisotopic (exact) mass is 372 g/mol. The first-order valence-electron chi connectivity index (χ1n) is 7.90. The smallest absolute Gasteiger partial charge is 0.351 e. The number of nitrogens with one attached hydrogen (secondary N) is 1. The van der Waals surface area contributed by atoms with Gasteiger partial charge in [-0.3, -0.25) is 10.5 Å². The van der Waals surface area contributed by atoms with Crippen LogP contribution < -0.4 is 5.73 Å². The predicted molar refractivity (Wildman–Crippen MR) is 98.0 cm³/mol. The first-order chi connectivity index (χ1) is 12.3. The van der Waals surface area contributed by atoms with Crippen LogP contribution in [-0.2, 0) is 11.2 Å². The molecule has 1 heterocycles. The maximum atomic E-state index is 13.0. The van der Waals surface area contributed by atoms with Crippen molar-refractivity contribution >= 4 is 34.3 Å². The Hall–Kier alpha value is -2.67. The molecule has 0 aliphatic heterocycles. The molecule has 26 heavy (non-hydrogen) atoms. The van der Waals surface area contributed by atoms with E-state index in [-0.39, 0.29) is 12.1 Å². The van der Waals surface area contributed by atoms with Crippen molar-refractivity contribution in [3.8, 4) is 0 Å². The van der Waals surface area contributed by atoms with Crippen LogP contribution in [0.15, 0.2) is 54.6 Å². The van der Waals surface area contributed by atoms with E-state index in [1.54, 1.807) is 54.6 Å². The number of nitrogens with two attached hydrogens (primary N) is 1. The van der Waals surface area contributed by atoms with Crippen LogP contribution in [0.5, 0.6) is 0 Å². The molecule has 0 radical (unpaired) electrons. The number of carbonyl (C=O) groups is 2. The number of hydrogen-bond donors (Lipinski definition) is 4. The highest BCUT2D eigenvalue weighted by Gasteiger charge is 2.45.